The molecule has 3 heteroatoms. The molecule has 3 rings (SSSR count). The number of hydrogen-bond donors (Lipinski definition) is 1. The van der Waals surface area contributed by atoms with Crippen molar-refractivity contribution in [3.05, 3.63) is 0 Å². The van der Waals surface area contributed by atoms with E-state index in [0.717, 1.165) is 19.5 Å². The molecule has 2 saturated carbocycles. The van der Waals surface area contributed by atoms with Crippen molar-refractivity contribution in [3.63, 3.8) is 0 Å². The van der Waals surface area contributed by atoms with Crippen LogP contribution >= 0.6 is 0 Å². The molecule has 3 fully saturated rings. The predicted octanol–water partition coefficient (Wildman–Crippen LogP) is 2.61. The molecule has 2 aliphatic carbocycles. The van der Waals surface area contributed by atoms with Crippen LogP contribution in [0.4, 0.5) is 0 Å². The highest BCUT2D eigenvalue weighted by molar-refractivity contribution is 5.72. The molecule has 0 aromatic heterocycles. The van der Waals surface area contributed by atoms with Gasteiger partial charge in [-0.2, -0.15) is 0 Å². The SMILES string of the molecule is CCC1(CC)CN(C2C3CCC(C3)C2C(=O)O)C1. The van der Waals surface area contributed by atoms with Crippen LogP contribution in [0.5, 0.6) is 0 Å². The molecule has 1 aliphatic heterocycles. The van der Waals surface area contributed by atoms with Gasteiger partial charge in [-0.05, 0) is 49.4 Å². The Balaban J connectivity index is 1.72. The molecule has 4 atom stereocenters. The maximum absolute atomic E-state index is 11.5. The summed E-state index contributed by atoms with van der Waals surface area (Å²) in [6, 6.07) is 0.354. The average molecular weight is 251 g/mol. The maximum Gasteiger partial charge on any atom is 0.308 e. The van der Waals surface area contributed by atoms with Gasteiger partial charge in [-0.1, -0.05) is 13.8 Å². The third-order valence-electron chi connectivity index (χ3n) is 6.16. The van der Waals surface area contributed by atoms with Crippen molar-refractivity contribution in [2.75, 3.05) is 13.1 Å². The Morgan fingerprint density at radius 3 is 2.39 bits per heavy atom. The minimum absolute atomic E-state index is 0.0736. The van der Waals surface area contributed by atoms with E-state index in [-0.39, 0.29) is 5.92 Å². The molecule has 0 aromatic rings. The first kappa shape index (κ1) is 12.5. The molecule has 1 heterocycles. The topological polar surface area (TPSA) is 40.5 Å². The van der Waals surface area contributed by atoms with Gasteiger partial charge in [-0.15, -0.1) is 0 Å². The molecule has 2 bridgehead atoms. The van der Waals surface area contributed by atoms with Crippen LogP contribution in [0.1, 0.15) is 46.0 Å². The van der Waals surface area contributed by atoms with E-state index in [4.69, 9.17) is 0 Å². The first-order valence-electron chi connectivity index (χ1n) is 7.57. The van der Waals surface area contributed by atoms with E-state index in [1.165, 1.54) is 25.7 Å². The first-order chi connectivity index (χ1) is 8.60. The third-order valence-corrected chi connectivity index (χ3v) is 6.16. The minimum Gasteiger partial charge on any atom is -0.481 e. The molecule has 0 amide bonds. The molecule has 0 radical (unpaired) electrons. The second-order valence-corrected chi connectivity index (χ2v) is 6.80. The first-order valence-corrected chi connectivity index (χ1v) is 7.57. The van der Waals surface area contributed by atoms with Gasteiger partial charge in [0.25, 0.3) is 0 Å². The minimum atomic E-state index is -0.544. The Bertz CT molecular complexity index is 342. The standard InChI is InChI=1S/C15H25NO2/c1-3-15(4-2)8-16(9-15)13-11-6-5-10(7-11)12(13)14(17)18/h10-13H,3-9H2,1-2H3,(H,17,18). The molecule has 102 valence electrons. The van der Waals surface area contributed by atoms with E-state index in [9.17, 15) is 9.90 Å². The van der Waals surface area contributed by atoms with Gasteiger partial charge in [0.15, 0.2) is 0 Å². The summed E-state index contributed by atoms with van der Waals surface area (Å²) in [5.74, 6) is 0.520. The summed E-state index contributed by atoms with van der Waals surface area (Å²) in [5.41, 5.74) is 0.491. The van der Waals surface area contributed by atoms with Crippen LogP contribution in [-0.4, -0.2) is 35.1 Å². The molecule has 3 aliphatic rings. The van der Waals surface area contributed by atoms with Gasteiger partial charge in [0, 0.05) is 19.1 Å². The number of nitrogens with zero attached hydrogens (tertiary/aromatic N) is 1. The molecular weight excluding hydrogens is 226 g/mol. The number of carboxylic acid groups (broad SMARTS) is 1. The van der Waals surface area contributed by atoms with E-state index >= 15 is 0 Å². The molecule has 0 spiro atoms. The van der Waals surface area contributed by atoms with Gasteiger partial charge in [0.1, 0.15) is 0 Å². The van der Waals surface area contributed by atoms with Crippen LogP contribution in [0.15, 0.2) is 0 Å². The Morgan fingerprint density at radius 2 is 1.83 bits per heavy atom. The summed E-state index contributed by atoms with van der Waals surface area (Å²) in [6.07, 6.45) is 6.06. The fraction of sp³-hybridized carbons (Fsp3) is 0.933. The Kier molecular flexibility index (Phi) is 2.92. The number of fused-ring (bicyclic) bond motifs is 2. The Morgan fingerprint density at radius 1 is 1.22 bits per heavy atom. The van der Waals surface area contributed by atoms with Gasteiger partial charge in [-0.3, -0.25) is 9.69 Å². The van der Waals surface area contributed by atoms with Crippen LogP contribution < -0.4 is 0 Å². The number of likely N-dealkylation sites (tertiary alicyclic amines) is 1. The molecule has 0 aromatic carbocycles. The largest absolute Gasteiger partial charge is 0.481 e. The van der Waals surface area contributed by atoms with Gasteiger partial charge in [-0.25, -0.2) is 0 Å². The number of carbonyl (C=O) groups is 1. The van der Waals surface area contributed by atoms with Crippen molar-refractivity contribution in [1.82, 2.24) is 4.90 Å². The Labute approximate surface area is 110 Å². The fourth-order valence-corrected chi connectivity index (χ4v) is 4.86. The van der Waals surface area contributed by atoms with Crippen molar-refractivity contribution in [3.8, 4) is 0 Å². The highest BCUT2D eigenvalue weighted by atomic mass is 16.4. The van der Waals surface area contributed by atoms with Gasteiger partial charge >= 0.3 is 5.97 Å². The smallest absolute Gasteiger partial charge is 0.308 e. The number of hydrogen-bond acceptors (Lipinski definition) is 2. The van der Waals surface area contributed by atoms with Crippen molar-refractivity contribution >= 4 is 5.97 Å². The highest BCUT2D eigenvalue weighted by Gasteiger charge is 2.56. The summed E-state index contributed by atoms with van der Waals surface area (Å²) in [6.45, 7) is 6.82. The molecule has 4 unspecified atom stereocenters. The highest BCUT2D eigenvalue weighted by Crippen LogP contribution is 2.53. The number of carboxylic acids is 1. The summed E-state index contributed by atoms with van der Waals surface area (Å²) in [4.78, 5) is 14.0. The number of rotatable bonds is 4. The summed E-state index contributed by atoms with van der Waals surface area (Å²) in [5, 5.41) is 9.49. The summed E-state index contributed by atoms with van der Waals surface area (Å²) >= 11 is 0. The normalized spacial score (nSPS) is 41.9. The zero-order valence-electron chi connectivity index (χ0n) is 11.6. The fourth-order valence-electron chi connectivity index (χ4n) is 4.86. The van der Waals surface area contributed by atoms with Gasteiger partial charge in [0.2, 0.25) is 0 Å². The molecular formula is C15H25NO2. The van der Waals surface area contributed by atoms with Gasteiger partial charge in [0.05, 0.1) is 5.92 Å². The predicted molar refractivity (Wildman–Crippen MR) is 70.3 cm³/mol. The zero-order chi connectivity index (χ0) is 12.9. The third kappa shape index (κ3) is 1.63. The zero-order valence-corrected chi connectivity index (χ0v) is 11.6. The lowest BCUT2D eigenvalue weighted by molar-refractivity contribution is -0.150. The van der Waals surface area contributed by atoms with E-state index in [1.807, 2.05) is 0 Å². The van der Waals surface area contributed by atoms with Crippen molar-refractivity contribution in [2.45, 2.75) is 52.0 Å². The molecule has 18 heavy (non-hydrogen) atoms. The Hall–Kier alpha value is -0.570. The van der Waals surface area contributed by atoms with Crippen molar-refractivity contribution in [2.24, 2.45) is 23.2 Å². The van der Waals surface area contributed by atoms with Crippen molar-refractivity contribution < 1.29 is 9.90 Å². The average Bonchev–Trinajstić information content (AvgIpc) is 2.89. The quantitative estimate of drug-likeness (QED) is 0.835. The lowest BCUT2D eigenvalue weighted by Crippen LogP contribution is -2.62. The second-order valence-electron chi connectivity index (χ2n) is 6.80. The lowest BCUT2D eigenvalue weighted by Gasteiger charge is -2.55. The molecule has 1 saturated heterocycles. The van der Waals surface area contributed by atoms with E-state index in [0.29, 0.717) is 23.3 Å². The lowest BCUT2D eigenvalue weighted by atomic mass is 9.71. The summed E-state index contributed by atoms with van der Waals surface area (Å²) < 4.78 is 0. The molecule has 3 nitrogen and oxygen atoms in total. The second kappa shape index (κ2) is 4.22. The van der Waals surface area contributed by atoms with E-state index in [1.54, 1.807) is 0 Å². The maximum atomic E-state index is 11.5. The van der Waals surface area contributed by atoms with Crippen LogP contribution in [-0.2, 0) is 4.79 Å². The van der Waals surface area contributed by atoms with E-state index < -0.39 is 5.97 Å². The van der Waals surface area contributed by atoms with Crippen molar-refractivity contribution in [1.29, 1.82) is 0 Å². The van der Waals surface area contributed by atoms with Gasteiger partial charge < -0.3 is 5.11 Å². The van der Waals surface area contributed by atoms with E-state index in [2.05, 4.69) is 18.7 Å². The van der Waals surface area contributed by atoms with Crippen LogP contribution in [0.2, 0.25) is 0 Å². The van der Waals surface area contributed by atoms with Crippen LogP contribution in [0, 0.1) is 23.2 Å². The molecule has 1 N–H and O–H groups in total. The summed E-state index contributed by atoms with van der Waals surface area (Å²) in [7, 11) is 0. The number of aliphatic carboxylic acids is 1. The van der Waals surface area contributed by atoms with Crippen LogP contribution in [0.3, 0.4) is 0 Å². The monoisotopic (exact) mass is 251 g/mol. The van der Waals surface area contributed by atoms with Crippen LogP contribution in [0.25, 0.3) is 0 Å².